The molecule has 1 aromatic heterocycles. The molecule has 1 aliphatic heterocycles. The molecule has 0 fully saturated rings. The number of benzene rings is 3. The summed E-state index contributed by atoms with van der Waals surface area (Å²) in [7, 11) is 0. The summed E-state index contributed by atoms with van der Waals surface area (Å²) in [6.07, 6.45) is 2.69. The van der Waals surface area contributed by atoms with Crippen LogP contribution >= 0.6 is 0 Å². The highest BCUT2D eigenvalue weighted by Gasteiger charge is 2.22. The third-order valence-electron chi connectivity index (χ3n) is 5.41. The van der Waals surface area contributed by atoms with Crippen molar-refractivity contribution in [3.63, 3.8) is 0 Å². The minimum Gasteiger partial charge on any atom is -0.348 e. The second kappa shape index (κ2) is 7.87. The van der Waals surface area contributed by atoms with Crippen LogP contribution in [0.4, 0.5) is 10.5 Å². The zero-order valence-electron chi connectivity index (χ0n) is 16.5. The summed E-state index contributed by atoms with van der Waals surface area (Å²) in [6.45, 7) is 1.30. The second-order valence-electron chi connectivity index (χ2n) is 7.53. The summed E-state index contributed by atoms with van der Waals surface area (Å²) in [4.78, 5) is 22.4. The number of amides is 2. The number of urea groups is 1. The van der Waals surface area contributed by atoms with Gasteiger partial charge in [-0.05, 0) is 28.8 Å². The summed E-state index contributed by atoms with van der Waals surface area (Å²) < 4.78 is 0. The predicted octanol–water partition coefficient (Wildman–Crippen LogP) is 5.22. The third kappa shape index (κ3) is 3.82. The lowest BCUT2D eigenvalue weighted by atomic mass is 10.1. The average Bonchev–Trinajstić information content (AvgIpc) is 3.42. The number of anilines is 1. The molecule has 148 valence electrons. The van der Waals surface area contributed by atoms with Crippen LogP contribution in [0.25, 0.3) is 11.3 Å². The van der Waals surface area contributed by atoms with Crippen LogP contribution in [0.1, 0.15) is 22.5 Å². The maximum atomic E-state index is 12.6. The van der Waals surface area contributed by atoms with E-state index in [1.165, 1.54) is 16.7 Å². The van der Waals surface area contributed by atoms with Crippen LogP contribution < -0.4 is 5.32 Å². The third-order valence-corrected chi connectivity index (χ3v) is 5.41. The molecule has 5 rings (SSSR count). The van der Waals surface area contributed by atoms with E-state index in [-0.39, 0.29) is 6.03 Å². The molecule has 1 aliphatic rings. The van der Waals surface area contributed by atoms with Gasteiger partial charge in [-0.25, -0.2) is 9.78 Å². The maximum absolute atomic E-state index is 12.6. The van der Waals surface area contributed by atoms with Crippen molar-refractivity contribution in [2.75, 3.05) is 5.32 Å². The van der Waals surface area contributed by atoms with Gasteiger partial charge in [0.2, 0.25) is 0 Å². The minimum absolute atomic E-state index is 0.0798. The SMILES string of the molecule is O=C(Nc1ccc(-c2c[nH]c(Cc3ccccc3)n2)cc1)N1Cc2ccccc2C1. The van der Waals surface area contributed by atoms with Gasteiger partial charge in [0.05, 0.1) is 5.69 Å². The molecule has 0 unspecified atom stereocenters. The van der Waals surface area contributed by atoms with Gasteiger partial charge < -0.3 is 15.2 Å². The Balaban J connectivity index is 1.22. The van der Waals surface area contributed by atoms with Gasteiger partial charge in [0.1, 0.15) is 5.82 Å². The lowest BCUT2D eigenvalue weighted by molar-refractivity contribution is 0.212. The lowest BCUT2D eigenvalue weighted by Crippen LogP contribution is -2.30. The number of H-pyrrole nitrogens is 1. The molecule has 0 saturated heterocycles. The molecule has 5 nitrogen and oxygen atoms in total. The number of nitrogens with one attached hydrogen (secondary N) is 2. The number of hydrogen-bond donors (Lipinski definition) is 2. The molecule has 0 radical (unpaired) electrons. The molecule has 30 heavy (non-hydrogen) atoms. The van der Waals surface area contributed by atoms with E-state index in [1.54, 1.807) is 0 Å². The number of carbonyl (C=O) groups is 1. The van der Waals surface area contributed by atoms with Gasteiger partial charge in [0, 0.05) is 37.0 Å². The Labute approximate surface area is 175 Å². The van der Waals surface area contributed by atoms with Gasteiger partial charge in [-0.1, -0.05) is 66.7 Å². The quantitative estimate of drug-likeness (QED) is 0.499. The van der Waals surface area contributed by atoms with Crippen molar-refractivity contribution in [2.45, 2.75) is 19.5 Å². The van der Waals surface area contributed by atoms with Crippen LogP contribution in [0.5, 0.6) is 0 Å². The van der Waals surface area contributed by atoms with E-state index in [9.17, 15) is 4.79 Å². The van der Waals surface area contributed by atoms with E-state index in [4.69, 9.17) is 4.98 Å². The molecular weight excluding hydrogens is 372 g/mol. The first-order chi connectivity index (χ1) is 14.7. The summed E-state index contributed by atoms with van der Waals surface area (Å²) in [6, 6.07) is 26.2. The second-order valence-corrected chi connectivity index (χ2v) is 7.53. The number of imidazole rings is 1. The molecule has 2 N–H and O–H groups in total. The first-order valence-electron chi connectivity index (χ1n) is 10.1. The van der Waals surface area contributed by atoms with Gasteiger partial charge in [-0.3, -0.25) is 0 Å². The number of hydrogen-bond acceptors (Lipinski definition) is 2. The molecule has 4 aromatic rings. The number of carbonyl (C=O) groups excluding carboxylic acids is 1. The van der Waals surface area contributed by atoms with Crippen molar-refractivity contribution >= 4 is 11.7 Å². The molecule has 2 heterocycles. The molecule has 2 amide bonds. The van der Waals surface area contributed by atoms with Crippen molar-refractivity contribution in [2.24, 2.45) is 0 Å². The van der Waals surface area contributed by atoms with Crippen LogP contribution in [0.15, 0.2) is 85.1 Å². The fourth-order valence-corrected chi connectivity index (χ4v) is 3.79. The van der Waals surface area contributed by atoms with Crippen molar-refractivity contribution < 1.29 is 4.79 Å². The van der Waals surface area contributed by atoms with Gasteiger partial charge in [0.25, 0.3) is 0 Å². The summed E-state index contributed by atoms with van der Waals surface area (Å²) in [5, 5.41) is 2.99. The largest absolute Gasteiger partial charge is 0.348 e. The first kappa shape index (κ1) is 18.2. The van der Waals surface area contributed by atoms with Crippen molar-refractivity contribution in [3.05, 3.63) is 108 Å². The van der Waals surface area contributed by atoms with Gasteiger partial charge >= 0.3 is 6.03 Å². The summed E-state index contributed by atoms with van der Waals surface area (Å²) in [5.74, 6) is 0.933. The average molecular weight is 394 g/mol. The van der Waals surface area contributed by atoms with Gasteiger partial charge in [-0.15, -0.1) is 0 Å². The number of fused-ring (bicyclic) bond motifs is 1. The highest BCUT2D eigenvalue weighted by molar-refractivity contribution is 5.90. The maximum Gasteiger partial charge on any atom is 0.322 e. The molecule has 0 bridgehead atoms. The normalized spacial score (nSPS) is 12.6. The molecule has 0 spiro atoms. The Hall–Kier alpha value is -3.86. The van der Waals surface area contributed by atoms with Crippen molar-refractivity contribution in [1.29, 1.82) is 0 Å². The summed E-state index contributed by atoms with van der Waals surface area (Å²) in [5.41, 5.74) is 6.34. The van der Waals surface area contributed by atoms with E-state index in [0.717, 1.165) is 29.2 Å². The Bertz CT molecular complexity index is 1140. The Kier molecular flexibility index (Phi) is 4.77. The molecule has 3 aromatic carbocycles. The Morgan fingerprint density at radius 3 is 2.27 bits per heavy atom. The standard InChI is InChI=1S/C25H22N4O/c30-25(29-16-20-8-4-5-9-21(20)17-29)27-22-12-10-19(11-13-22)23-15-26-24(28-23)14-18-6-2-1-3-7-18/h1-13,15H,14,16-17H2,(H,26,28)(H,27,30). The molecule has 0 atom stereocenters. The van der Waals surface area contributed by atoms with E-state index in [1.807, 2.05) is 65.7 Å². The van der Waals surface area contributed by atoms with E-state index < -0.39 is 0 Å². The van der Waals surface area contributed by atoms with Gasteiger partial charge in [-0.2, -0.15) is 0 Å². The van der Waals surface area contributed by atoms with Gasteiger partial charge in [0.15, 0.2) is 0 Å². The summed E-state index contributed by atoms with van der Waals surface area (Å²) >= 11 is 0. The number of rotatable bonds is 4. The fourth-order valence-electron chi connectivity index (χ4n) is 3.79. The van der Waals surface area contributed by atoms with Crippen LogP contribution in [0.3, 0.4) is 0 Å². The Morgan fingerprint density at radius 2 is 1.57 bits per heavy atom. The smallest absolute Gasteiger partial charge is 0.322 e. The highest BCUT2D eigenvalue weighted by Crippen LogP contribution is 2.24. The molecule has 0 aliphatic carbocycles. The monoisotopic (exact) mass is 394 g/mol. The zero-order valence-corrected chi connectivity index (χ0v) is 16.5. The van der Waals surface area contributed by atoms with Crippen molar-refractivity contribution in [1.82, 2.24) is 14.9 Å². The van der Waals surface area contributed by atoms with E-state index in [0.29, 0.717) is 13.1 Å². The topological polar surface area (TPSA) is 61.0 Å². The van der Waals surface area contributed by atoms with E-state index in [2.05, 4.69) is 34.6 Å². The first-order valence-corrected chi connectivity index (χ1v) is 10.1. The predicted molar refractivity (Wildman–Crippen MR) is 118 cm³/mol. The zero-order chi connectivity index (χ0) is 20.3. The van der Waals surface area contributed by atoms with Crippen LogP contribution in [0, 0.1) is 0 Å². The van der Waals surface area contributed by atoms with Crippen molar-refractivity contribution in [3.8, 4) is 11.3 Å². The minimum atomic E-state index is -0.0798. The fraction of sp³-hybridized carbons (Fsp3) is 0.120. The van der Waals surface area contributed by atoms with Crippen LogP contribution in [0.2, 0.25) is 0 Å². The highest BCUT2D eigenvalue weighted by atomic mass is 16.2. The van der Waals surface area contributed by atoms with Crippen LogP contribution in [-0.4, -0.2) is 20.9 Å². The number of aromatic amines is 1. The molecule has 5 heteroatoms. The van der Waals surface area contributed by atoms with E-state index >= 15 is 0 Å². The molecule has 0 saturated carbocycles. The Morgan fingerprint density at radius 1 is 0.900 bits per heavy atom. The number of aromatic nitrogens is 2. The molecular formula is C25H22N4O. The number of nitrogens with zero attached hydrogens (tertiary/aromatic N) is 2. The lowest BCUT2D eigenvalue weighted by Gasteiger charge is -2.16. The van der Waals surface area contributed by atoms with Crippen LogP contribution in [-0.2, 0) is 19.5 Å².